The fraction of sp³-hybridized carbons (Fsp3) is 0.158. The van der Waals surface area contributed by atoms with Crippen LogP contribution < -0.4 is 20.1 Å². The van der Waals surface area contributed by atoms with Crippen molar-refractivity contribution in [3.8, 4) is 11.5 Å². The second-order valence-corrected chi connectivity index (χ2v) is 6.75. The first-order valence-electron chi connectivity index (χ1n) is 8.28. The summed E-state index contributed by atoms with van der Waals surface area (Å²) in [7, 11) is 1.51. The van der Waals surface area contributed by atoms with Crippen molar-refractivity contribution in [1.29, 1.82) is 0 Å². The minimum Gasteiger partial charge on any atom is -0.495 e. The maximum absolute atomic E-state index is 12.5. The van der Waals surface area contributed by atoms with Crippen LogP contribution in [-0.4, -0.2) is 24.4 Å². The van der Waals surface area contributed by atoms with E-state index in [0.29, 0.717) is 22.3 Å². The van der Waals surface area contributed by atoms with Gasteiger partial charge in [0, 0.05) is 11.1 Å². The number of methoxy groups -OCH3 is 1. The van der Waals surface area contributed by atoms with E-state index in [1.807, 2.05) is 13.0 Å². The average molecular weight is 423 g/mol. The number of aryl methyl sites for hydroxylation is 1. The van der Waals surface area contributed by atoms with Gasteiger partial charge in [-0.2, -0.15) is 0 Å². The SMILES string of the molecule is COc1ccc(C)cc1NC(=O)c1csc(Nc2ccc(OC(F)(F)F)cc2)n1. The Morgan fingerprint density at radius 2 is 1.86 bits per heavy atom. The van der Waals surface area contributed by atoms with Crippen LogP contribution >= 0.6 is 11.3 Å². The van der Waals surface area contributed by atoms with Crippen molar-refractivity contribution >= 4 is 33.8 Å². The molecular weight excluding hydrogens is 407 g/mol. The molecule has 0 saturated carbocycles. The van der Waals surface area contributed by atoms with E-state index in [4.69, 9.17) is 4.74 Å². The molecule has 0 radical (unpaired) electrons. The predicted molar refractivity (Wildman–Crippen MR) is 104 cm³/mol. The molecule has 0 atom stereocenters. The van der Waals surface area contributed by atoms with Crippen molar-refractivity contribution in [3.63, 3.8) is 0 Å². The van der Waals surface area contributed by atoms with E-state index in [1.54, 1.807) is 17.5 Å². The molecule has 1 aromatic heterocycles. The van der Waals surface area contributed by atoms with Crippen LogP contribution in [0.4, 0.5) is 29.7 Å². The van der Waals surface area contributed by atoms with Gasteiger partial charge in [0.25, 0.3) is 5.91 Å². The Morgan fingerprint density at radius 3 is 2.52 bits per heavy atom. The standard InChI is InChI=1S/C19H16F3N3O3S/c1-11-3-8-16(27-2)14(9-11)24-17(26)15-10-29-18(25-15)23-12-4-6-13(7-5-12)28-19(20,21)22/h3-10H,1-2H3,(H,23,25)(H,24,26). The monoisotopic (exact) mass is 423 g/mol. The first kappa shape index (κ1) is 20.5. The number of nitrogens with zero attached hydrogens (tertiary/aromatic N) is 1. The number of hydrogen-bond donors (Lipinski definition) is 2. The number of carbonyl (C=O) groups is 1. The summed E-state index contributed by atoms with van der Waals surface area (Å²) in [5.74, 6) is -0.208. The Morgan fingerprint density at radius 1 is 1.14 bits per heavy atom. The molecule has 29 heavy (non-hydrogen) atoms. The number of nitrogens with one attached hydrogen (secondary N) is 2. The third-order valence-electron chi connectivity index (χ3n) is 3.68. The number of rotatable bonds is 6. The molecule has 3 aromatic rings. The van der Waals surface area contributed by atoms with Gasteiger partial charge in [-0.1, -0.05) is 6.07 Å². The van der Waals surface area contributed by atoms with Gasteiger partial charge < -0.3 is 20.1 Å². The number of anilines is 3. The number of aromatic nitrogens is 1. The molecule has 0 aliphatic heterocycles. The number of hydrogen-bond acceptors (Lipinski definition) is 6. The van der Waals surface area contributed by atoms with E-state index in [2.05, 4.69) is 20.4 Å². The van der Waals surface area contributed by atoms with E-state index in [0.717, 1.165) is 5.56 Å². The Kier molecular flexibility index (Phi) is 5.92. The van der Waals surface area contributed by atoms with Crippen LogP contribution in [-0.2, 0) is 0 Å². The fourth-order valence-corrected chi connectivity index (χ4v) is 3.12. The third kappa shape index (κ3) is 5.61. The van der Waals surface area contributed by atoms with Gasteiger partial charge in [0.15, 0.2) is 5.13 Å². The highest BCUT2D eigenvalue weighted by Crippen LogP contribution is 2.28. The minimum absolute atomic E-state index is 0.193. The van der Waals surface area contributed by atoms with Gasteiger partial charge in [-0.3, -0.25) is 4.79 Å². The molecule has 10 heteroatoms. The average Bonchev–Trinajstić information content (AvgIpc) is 3.11. The molecule has 0 unspecified atom stereocenters. The summed E-state index contributed by atoms with van der Waals surface area (Å²) in [5.41, 5.74) is 2.18. The van der Waals surface area contributed by atoms with E-state index < -0.39 is 12.3 Å². The fourth-order valence-electron chi connectivity index (χ4n) is 2.40. The second-order valence-electron chi connectivity index (χ2n) is 5.89. The van der Waals surface area contributed by atoms with Crippen LogP contribution in [0.1, 0.15) is 16.1 Å². The van der Waals surface area contributed by atoms with Crippen molar-refractivity contribution < 1.29 is 27.4 Å². The first-order chi connectivity index (χ1) is 13.7. The van der Waals surface area contributed by atoms with Crippen LogP contribution in [0.3, 0.4) is 0 Å². The molecule has 1 heterocycles. The zero-order valence-electron chi connectivity index (χ0n) is 15.3. The highest BCUT2D eigenvalue weighted by atomic mass is 32.1. The lowest BCUT2D eigenvalue weighted by atomic mass is 10.2. The minimum atomic E-state index is -4.74. The van der Waals surface area contributed by atoms with Crippen LogP contribution in [0.2, 0.25) is 0 Å². The molecule has 0 aliphatic carbocycles. The van der Waals surface area contributed by atoms with Crippen LogP contribution in [0.15, 0.2) is 47.8 Å². The Labute approximate surface area is 168 Å². The molecule has 152 valence electrons. The lowest BCUT2D eigenvalue weighted by Gasteiger charge is -2.10. The summed E-state index contributed by atoms with van der Waals surface area (Å²) in [5, 5.41) is 7.67. The van der Waals surface area contributed by atoms with Crippen LogP contribution in [0.25, 0.3) is 0 Å². The smallest absolute Gasteiger partial charge is 0.495 e. The van der Waals surface area contributed by atoms with Gasteiger partial charge in [0.2, 0.25) is 0 Å². The topological polar surface area (TPSA) is 72.5 Å². The number of ether oxygens (including phenoxy) is 2. The summed E-state index contributed by atoms with van der Waals surface area (Å²) >= 11 is 1.19. The van der Waals surface area contributed by atoms with Gasteiger partial charge in [-0.15, -0.1) is 24.5 Å². The quantitative estimate of drug-likeness (QED) is 0.559. The normalized spacial score (nSPS) is 11.1. The summed E-state index contributed by atoms with van der Waals surface area (Å²) in [6, 6.07) is 10.6. The van der Waals surface area contributed by atoms with E-state index in [9.17, 15) is 18.0 Å². The second kappa shape index (κ2) is 8.39. The van der Waals surface area contributed by atoms with Crippen molar-refractivity contribution in [3.05, 3.63) is 59.1 Å². The zero-order chi connectivity index (χ0) is 21.0. The van der Waals surface area contributed by atoms with Crippen LogP contribution in [0.5, 0.6) is 11.5 Å². The van der Waals surface area contributed by atoms with Gasteiger partial charge >= 0.3 is 6.36 Å². The number of amides is 1. The lowest BCUT2D eigenvalue weighted by Crippen LogP contribution is -2.16. The maximum atomic E-state index is 12.5. The zero-order valence-corrected chi connectivity index (χ0v) is 16.1. The Hall–Kier alpha value is -3.27. The number of halogens is 3. The largest absolute Gasteiger partial charge is 0.573 e. The Balaban J connectivity index is 1.66. The Bertz CT molecular complexity index is 1000. The van der Waals surface area contributed by atoms with E-state index in [-0.39, 0.29) is 11.4 Å². The van der Waals surface area contributed by atoms with E-state index in [1.165, 1.54) is 42.7 Å². The molecule has 0 fully saturated rings. The third-order valence-corrected chi connectivity index (χ3v) is 4.44. The number of alkyl halides is 3. The lowest BCUT2D eigenvalue weighted by molar-refractivity contribution is -0.274. The molecule has 0 spiro atoms. The molecule has 2 aromatic carbocycles. The van der Waals surface area contributed by atoms with Gasteiger partial charge in [-0.25, -0.2) is 4.98 Å². The first-order valence-corrected chi connectivity index (χ1v) is 9.16. The van der Waals surface area contributed by atoms with Crippen molar-refractivity contribution in [2.75, 3.05) is 17.7 Å². The molecule has 1 amide bonds. The van der Waals surface area contributed by atoms with Crippen molar-refractivity contribution in [2.45, 2.75) is 13.3 Å². The summed E-state index contributed by atoms with van der Waals surface area (Å²) in [6.07, 6.45) is -4.74. The van der Waals surface area contributed by atoms with E-state index >= 15 is 0 Å². The molecule has 6 nitrogen and oxygen atoms in total. The molecule has 2 N–H and O–H groups in total. The molecule has 0 bridgehead atoms. The van der Waals surface area contributed by atoms with Gasteiger partial charge in [0.05, 0.1) is 12.8 Å². The number of carbonyl (C=O) groups excluding carboxylic acids is 1. The number of thiazole rings is 1. The van der Waals surface area contributed by atoms with Gasteiger partial charge in [0.1, 0.15) is 17.2 Å². The van der Waals surface area contributed by atoms with Crippen molar-refractivity contribution in [1.82, 2.24) is 4.98 Å². The van der Waals surface area contributed by atoms with Crippen LogP contribution in [0, 0.1) is 6.92 Å². The summed E-state index contributed by atoms with van der Waals surface area (Å²) < 4.78 is 45.7. The molecule has 0 aliphatic rings. The predicted octanol–water partition coefficient (Wildman–Crippen LogP) is 5.35. The molecule has 0 saturated heterocycles. The molecular formula is C19H16F3N3O3S. The summed E-state index contributed by atoms with van der Waals surface area (Å²) in [6.45, 7) is 1.89. The number of benzene rings is 2. The highest BCUT2D eigenvalue weighted by Gasteiger charge is 2.30. The molecule has 3 rings (SSSR count). The van der Waals surface area contributed by atoms with Crippen molar-refractivity contribution in [2.24, 2.45) is 0 Å². The summed E-state index contributed by atoms with van der Waals surface area (Å²) in [4.78, 5) is 16.7. The maximum Gasteiger partial charge on any atom is 0.573 e. The highest BCUT2D eigenvalue weighted by molar-refractivity contribution is 7.14. The van der Waals surface area contributed by atoms with Gasteiger partial charge in [-0.05, 0) is 48.9 Å².